The Hall–Kier alpha value is -2.55. The van der Waals surface area contributed by atoms with Crippen LogP contribution in [0.3, 0.4) is 0 Å². The van der Waals surface area contributed by atoms with Gasteiger partial charge in [0.1, 0.15) is 5.82 Å². The molecule has 2 saturated heterocycles. The quantitative estimate of drug-likeness (QED) is 0.620. The number of amides is 2. The number of piperidine rings is 1. The lowest BCUT2D eigenvalue weighted by Crippen LogP contribution is -2.55. The van der Waals surface area contributed by atoms with Crippen LogP contribution in [0.4, 0.5) is 9.18 Å². The van der Waals surface area contributed by atoms with E-state index in [4.69, 9.17) is 0 Å². The summed E-state index contributed by atoms with van der Waals surface area (Å²) in [5.41, 5.74) is 8.73. The monoisotopic (exact) mass is 398 g/mol. The predicted octanol–water partition coefficient (Wildman–Crippen LogP) is 2.05. The third-order valence-electron chi connectivity index (χ3n) is 5.56. The summed E-state index contributed by atoms with van der Waals surface area (Å²) in [5.74, 6) is -0.296. The second-order valence-electron chi connectivity index (χ2n) is 7.66. The van der Waals surface area contributed by atoms with Crippen molar-refractivity contribution in [2.24, 2.45) is 0 Å². The highest BCUT2D eigenvalue weighted by atomic mass is 19.1. The molecule has 4 rings (SSSR count). The number of carbonyl (C=O) groups is 1. The first-order valence-corrected chi connectivity index (χ1v) is 10.1. The summed E-state index contributed by atoms with van der Waals surface area (Å²) in [6, 6.07) is 10.5. The molecule has 0 saturated carbocycles. The van der Waals surface area contributed by atoms with E-state index in [1.807, 2.05) is 24.5 Å². The van der Waals surface area contributed by atoms with Crippen LogP contribution in [-0.4, -0.2) is 41.2 Å². The van der Waals surface area contributed by atoms with Gasteiger partial charge in [-0.1, -0.05) is 12.1 Å². The van der Waals surface area contributed by atoms with Crippen LogP contribution in [0.2, 0.25) is 0 Å². The fourth-order valence-electron chi connectivity index (χ4n) is 4.07. The maximum absolute atomic E-state index is 13.2. The standard InChI is InChI=1S/C21H27FN6O/c22-17-4-1-3-15(11-17)13-24-21(29)25-18-5-2-10-28(14-18)20-12-19(26-27-20)16-6-8-23-9-7-16/h1,3-4,6-9,11,18-20,26-27H,2,5,10,12-14H2,(H2,24,25,29). The number of likely N-dealkylation sites (tertiary alicyclic amines) is 1. The van der Waals surface area contributed by atoms with Gasteiger partial charge in [0.25, 0.3) is 0 Å². The highest BCUT2D eigenvalue weighted by Crippen LogP contribution is 2.25. The maximum atomic E-state index is 13.2. The van der Waals surface area contributed by atoms with Crippen molar-refractivity contribution in [3.63, 3.8) is 0 Å². The third kappa shape index (κ3) is 5.29. The lowest BCUT2D eigenvalue weighted by atomic mass is 10.0. The van der Waals surface area contributed by atoms with Gasteiger partial charge in [-0.2, -0.15) is 0 Å². The van der Waals surface area contributed by atoms with Crippen molar-refractivity contribution in [3.05, 3.63) is 65.7 Å². The molecule has 7 nitrogen and oxygen atoms in total. The van der Waals surface area contributed by atoms with Gasteiger partial charge in [0.05, 0.1) is 6.17 Å². The number of nitrogens with one attached hydrogen (secondary N) is 4. The molecular formula is C21H27FN6O. The van der Waals surface area contributed by atoms with Gasteiger partial charge in [0, 0.05) is 37.6 Å². The van der Waals surface area contributed by atoms with Gasteiger partial charge in [-0.05, 0) is 61.2 Å². The molecule has 3 unspecified atom stereocenters. The number of urea groups is 1. The predicted molar refractivity (Wildman–Crippen MR) is 108 cm³/mol. The molecule has 2 aromatic rings. The van der Waals surface area contributed by atoms with Crippen LogP contribution in [0.5, 0.6) is 0 Å². The van der Waals surface area contributed by atoms with Gasteiger partial charge in [0.2, 0.25) is 0 Å². The summed E-state index contributed by atoms with van der Waals surface area (Å²) < 4.78 is 13.2. The summed E-state index contributed by atoms with van der Waals surface area (Å²) in [4.78, 5) is 18.7. The van der Waals surface area contributed by atoms with E-state index in [0.29, 0.717) is 6.54 Å². The zero-order valence-electron chi connectivity index (χ0n) is 16.3. The van der Waals surface area contributed by atoms with E-state index < -0.39 is 0 Å². The summed E-state index contributed by atoms with van der Waals surface area (Å²) in [6.07, 6.45) is 6.81. The number of benzene rings is 1. The van der Waals surface area contributed by atoms with Crippen molar-refractivity contribution < 1.29 is 9.18 Å². The number of hydrogen-bond donors (Lipinski definition) is 4. The molecule has 154 valence electrons. The van der Waals surface area contributed by atoms with Gasteiger partial charge in [0.15, 0.2) is 0 Å². The molecular weight excluding hydrogens is 371 g/mol. The van der Waals surface area contributed by atoms with E-state index >= 15 is 0 Å². The van der Waals surface area contributed by atoms with Crippen LogP contribution in [0.25, 0.3) is 0 Å². The van der Waals surface area contributed by atoms with Crippen molar-refractivity contribution in [3.8, 4) is 0 Å². The fourth-order valence-corrected chi connectivity index (χ4v) is 4.07. The number of aromatic nitrogens is 1. The Bertz CT molecular complexity index is 820. The number of hydrogen-bond acceptors (Lipinski definition) is 5. The first-order chi connectivity index (χ1) is 14.2. The van der Waals surface area contributed by atoms with Gasteiger partial charge < -0.3 is 10.6 Å². The molecule has 3 atom stereocenters. The van der Waals surface area contributed by atoms with Crippen molar-refractivity contribution in [2.45, 2.75) is 44.1 Å². The second kappa shape index (κ2) is 9.30. The van der Waals surface area contributed by atoms with Crippen molar-refractivity contribution >= 4 is 6.03 Å². The molecule has 1 aromatic carbocycles. The molecule has 4 N–H and O–H groups in total. The largest absolute Gasteiger partial charge is 0.334 e. The molecule has 0 spiro atoms. The number of nitrogens with zero attached hydrogens (tertiary/aromatic N) is 2. The van der Waals surface area contributed by atoms with E-state index in [-0.39, 0.29) is 30.1 Å². The van der Waals surface area contributed by atoms with E-state index in [1.165, 1.54) is 17.7 Å². The van der Waals surface area contributed by atoms with Gasteiger partial charge >= 0.3 is 6.03 Å². The Morgan fingerprint density at radius 1 is 1.24 bits per heavy atom. The lowest BCUT2D eigenvalue weighted by molar-refractivity contribution is 0.124. The number of carbonyl (C=O) groups excluding carboxylic acids is 1. The van der Waals surface area contributed by atoms with Gasteiger partial charge in [-0.25, -0.2) is 20.0 Å². The van der Waals surface area contributed by atoms with Crippen LogP contribution in [0.1, 0.15) is 36.4 Å². The molecule has 0 aliphatic carbocycles. The zero-order chi connectivity index (χ0) is 20.1. The van der Waals surface area contributed by atoms with Crippen molar-refractivity contribution in [1.29, 1.82) is 0 Å². The number of halogens is 1. The van der Waals surface area contributed by atoms with Crippen molar-refractivity contribution in [2.75, 3.05) is 13.1 Å². The minimum atomic E-state index is -0.296. The molecule has 2 aliphatic rings. The topological polar surface area (TPSA) is 81.3 Å². The smallest absolute Gasteiger partial charge is 0.315 e. The molecule has 3 heterocycles. The molecule has 2 amide bonds. The molecule has 8 heteroatoms. The first kappa shape index (κ1) is 19.8. The molecule has 0 bridgehead atoms. The van der Waals surface area contributed by atoms with Crippen LogP contribution < -0.4 is 21.5 Å². The highest BCUT2D eigenvalue weighted by molar-refractivity contribution is 5.74. The van der Waals surface area contributed by atoms with Crippen LogP contribution in [0.15, 0.2) is 48.8 Å². The van der Waals surface area contributed by atoms with E-state index in [0.717, 1.165) is 37.9 Å². The maximum Gasteiger partial charge on any atom is 0.315 e. The zero-order valence-corrected chi connectivity index (χ0v) is 16.3. The molecule has 2 aliphatic heterocycles. The Labute approximate surface area is 170 Å². The Morgan fingerprint density at radius 2 is 2.10 bits per heavy atom. The van der Waals surface area contributed by atoms with E-state index in [1.54, 1.807) is 12.1 Å². The SMILES string of the molecule is O=C(NCc1cccc(F)c1)NC1CCCN(C2CC(c3ccncc3)NN2)C1. The molecule has 2 fully saturated rings. The third-order valence-corrected chi connectivity index (χ3v) is 5.56. The summed E-state index contributed by atoms with van der Waals surface area (Å²) in [7, 11) is 0. The summed E-state index contributed by atoms with van der Waals surface area (Å²) in [6.45, 7) is 2.11. The van der Waals surface area contributed by atoms with Crippen molar-refractivity contribution in [1.82, 2.24) is 31.4 Å². The normalized spacial score (nSPS) is 24.9. The lowest BCUT2D eigenvalue weighted by Gasteiger charge is -2.36. The molecule has 29 heavy (non-hydrogen) atoms. The summed E-state index contributed by atoms with van der Waals surface area (Å²) in [5, 5.41) is 5.88. The van der Waals surface area contributed by atoms with E-state index in [2.05, 4.69) is 31.4 Å². The molecule has 0 radical (unpaired) electrons. The summed E-state index contributed by atoms with van der Waals surface area (Å²) >= 11 is 0. The average Bonchev–Trinajstić information content (AvgIpc) is 3.24. The number of hydrazine groups is 1. The number of rotatable bonds is 5. The van der Waals surface area contributed by atoms with Crippen LogP contribution in [0, 0.1) is 5.82 Å². The number of pyridine rings is 1. The van der Waals surface area contributed by atoms with Crippen LogP contribution >= 0.6 is 0 Å². The average molecular weight is 398 g/mol. The Balaban J connectivity index is 1.25. The first-order valence-electron chi connectivity index (χ1n) is 10.1. The fraction of sp³-hybridized carbons (Fsp3) is 0.429. The molecule has 1 aromatic heterocycles. The van der Waals surface area contributed by atoms with E-state index in [9.17, 15) is 9.18 Å². The second-order valence-corrected chi connectivity index (χ2v) is 7.66. The highest BCUT2D eigenvalue weighted by Gasteiger charge is 2.32. The van der Waals surface area contributed by atoms with Gasteiger partial charge in [-0.15, -0.1) is 0 Å². The Morgan fingerprint density at radius 3 is 2.93 bits per heavy atom. The Kier molecular flexibility index (Phi) is 6.33. The minimum absolute atomic E-state index is 0.0954. The minimum Gasteiger partial charge on any atom is -0.334 e. The van der Waals surface area contributed by atoms with Crippen LogP contribution in [-0.2, 0) is 6.54 Å². The van der Waals surface area contributed by atoms with Gasteiger partial charge in [-0.3, -0.25) is 9.88 Å².